The number of hydrogen-bond acceptors (Lipinski definition) is 7. The molecule has 0 atom stereocenters. The van der Waals surface area contributed by atoms with Crippen molar-refractivity contribution in [1.82, 2.24) is 0 Å². The molecule has 8 heteroatoms. The van der Waals surface area contributed by atoms with Gasteiger partial charge in [-0.05, 0) is 6.42 Å². The molecule has 0 radical (unpaired) electrons. The summed E-state index contributed by atoms with van der Waals surface area (Å²) in [5.74, 6) is -0.132. The maximum absolute atomic E-state index is 11.6. The first-order valence-corrected chi connectivity index (χ1v) is 12.0. The Morgan fingerprint density at radius 1 is 0.586 bits per heavy atom. The number of carbonyl (C=O) groups excluding carboxylic acids is 1. The summed E-state index contributed by atoms with van der Waals surface area (Å²) in [4.78, 5) is 11.6. The van der Waals surface area contributed by atoms with Crippen molar-refractivity contribution in [2.75, 3.05) is 78.0 Å². The number of unbranched alkanes of at least 4 members (excludes halogenated alkanes) is 5. The van der Waals surface area contributed by atoms with Crippen molar-refractivity contribution < 1.29 is 33.2 Å². The van der Waals surface area contributed by atoms with Crippen LogP contribution in [0.1, 0.15) is 51.9 Å². The number of alkyl halides is 1. The van der Waals surface area contributed by atoms with E-state index < -0.39 is 0 Å². The Morgan fingerprint density at radius 3 is 1.48 bits per heavy atom. The van der Waals surface area contributed by atoms with Crippen LogP contribution in [0, 0.1) is 0 Å². The average Bonchev–Trinajstić information content (AvgIpc) is 2.73. The topological polar surface area (TPSA) is 72.5 Å². The highest BCUT2D eigenvalue weighted by Crippen LogP contribution is 2.07. The maximum Gasteiger partial charge on any atom is 0.305 e. The van der Waals surface area contributed by atoms with Crippen LogP contribution in [0.25, 0.3) is 0 Å². The molecule has 0 aromatic carbocycles. The van der Waals surface area contributed by atoms with Crippen LogP contribution >= 0.6 is 15.9 Å². The zero-order chi connectivity index (χ0) is 21.3. The highest BCUT2D eigenvalue weighted by Gasteiger charge is 2.02. The molecule has 174 valence electrons. The molecule has 0 saturated carbocycles. The molecule has 0 saturated heterocycles. The smallest absolute Gasteiger partial charge is 0.305 e. The molecule has 0 N–H and O–H groups in total. The summed E-state index contributed by atoms with van der Waals surface area (Å²) < 4.78 is 31.9. The van der Waals surface area contributed by atoms with E-state index in [9.17, 15) is 4.79 Å². The van der Waals surface area contributed by atoms with Crippen LogP contribution in [0.3, 0.4) is 0 Å². The molecule has 0 rings (SSSR count). The van der Waals surface area contributed by atoms with E-state index in [0.717, 1.165) is 18.2 Å². The zero-order valence-electron chi connectivity index (χ0n) is 18.2. The van der Waals surface area contributed by atoms with Crippen molar-refractivity contribution in [3.05, 3.63) is 0 Å². The SMILES string of the molecule is CCCCCCCCC(=O)OCCOCCOCCOCCOCCOCCBr. The predicted molar refractivity (Wildman–Crippen MR) is 117 cm³/mol. The number of halogens is 1. The molecule has 0 fully saturated rings. The fraction of sp³-hybridized carbons (Fsp3) is 0.952. The van der Waals surface area contributed by atoms with Gasteiger partial charge in [-0.2, -0.15) is 0 Å². The maximum atomic E-state index is 11.6. The van der Waals surface area contributed by atoms with Crippen molar-refractivity contribution in [2.24, 2.45) is 0 Å². The summed E-state index contributed by atoms with van der Waals surface area (Å²) in [7, 11) is 0. The molecule has 0 aliphatic heterocycles. The van der Waals surface area contributed by atoms with Crippen molar-refractivity contribution in [3.8, 4) is 0 Å². The van der Waals surface area contributed by atoms with Gasteiger partial charge in [0.2, 0.25) is 0 Å². The van der Waals surface area contributed by atoms with E-state index in [1.807, 2.05) is 0 Å². The van der Waals surface area contributed by atoms with Crippen LogP contribution in [0.2, 0.25) is 0 Å². The number of rotatable bonds is 24. The lowest BCUT2D eigenvalue weighted by Gasteiger charge is -2.08. The van der Waals surface area contributed by atoms with Gasteiger partial charge in [0.25, 0.3) is 0 Å². The number of carbonyl (C=O) groups is 1. The predicted octanol–water partition coefficient (Wildman–Crippen LogP) is 3.76. The fourth-order valence-electron chi connectivity index (χ4n) is 2.37. The molecule has 0 aliphatic rings. The van der Waals surface area contributed by atoms with Gasteiger partial charge in [0.1, 0.15) is 6.61 Å². The number of hydrogen-bond donors (Lipinski definition) is 0. The molecule has 0 aromatic rings. The van der Waals surface area contributed by atoms with Crippen LogP contribution in [0.15, 0.2) is 0 Å². The minimum atomic E-state index is -0.132. The van der Waals surface area contributed by atoms with E-state index in [-0.39, 0.29) is 5.97 Å². The van der Waals surface area contributed by atoms with Gasteiger partial charge in [0.05, 0.1) is 66.1 Å². The van der Waals surface area contributed by atoms with Gasteiger partial charge < -0.3 is 28.4 Å². The Balaban J connectivity index is 3.10. The highest BCUT2D eigenvalue weighted by atomic mass is 79.9. The van der Waals surface area contributed by atoms with Crippen LogP contribution in [0.4, 0.5) is 0 Å². The standard InChI is InChI=1S/C21H41BrO7/c1-2-3-4-5-6-7-8-21(23)29-20-19-28-18-17-27-16-15-26-14-13-25-12-11-24-10-9-22/h2-20H2,1H3. The Morgan fingerprint density at radius 2 is 1.00 bits per heavy atom. The molecule has 0 amide bonds. The Hall–Kier alpha value is -0.250. The largest absolute Gasteiger partial charge is 0.463 e. The van der Waals surface area contributed by atoms with Crippen LogP contribution in [0.5, 0.6) is 0 Å². The summed E-state index contributed by atoms with van der Waals surface area (Å²) in [5, 5.41) is 0.841. The first-order valence-electron chi connectivity index (χ1n) is 10.9. The van der Waals surface area contributed by atoms with Gasteiger partial charge in [-0.1, -0.05) is 55.0 Å². The zero-order valence-corrected chi connectivity index (χ0v) is 19.8. The molecule has 0 bridgehead atoms. The lowest BCUT2D eigenvalue weighted by atomic mass is 10.1. The molecule has 0 spiro atoms. The summed E-state index contributed by atoms with van der Waals surface area (Å²) in [6.45, 7) is 7.91. The van der Waals surface area contributed by atoms with E-state index in [1.54, 1.807) is 0 Å². The van der Waals surface area contributed by atoms with Crippen molar-refractivity contribution in [3.63, 3.8) is 0 Å². The molecule has 0 aliphatic carbocycles. The lowest BCUT2D eigenvalue weighted by molar-refractivity contribution is -0.145. The molecule has 0 heterocycles. The normalized spacial score (nSPS) is 11.1. The first kappa shape index (κ1) is 28.8. The van der Waals surface area contributed by atoms with Gasteiger partial charge in [-0.3, -0.25) is 4.79 Å². The highest BCUT2D eigenvalue weighted by molar-refractivity contribution is 9.09. The number of ether oxygens (including phenoxy) is 6. The molecular weight excluding hydrogens is 444 g/mol. The van der Waals surface area contributed by atoms with E-state index in [1.165, 1.54) is 25.7 Å². The van der Waals surface area contributed by atoms with Gasteiger partial charge >= 0.3 is 5.97 Å². The van der Waals surface area contributed by atoms with Crippen LogP contribution in [-0.4, -0.2) is 84.0 Å². The van der Waals surface area contributed by atoms with Gasteiger partial charge in [0.15, 0.2) is 0 Å². The summed E-state index contributed by atoms with van der Waals surface area (Å²) >= 11 is 3.29. The summed E-state index contributed by atoms with van der Waals surface area (Å²) in [6, 6.07) is 0. The minimum absolute atomic E-state index is 0.132. The second-order valence-electron chi connectivity index (χ2n) is 6.49. The monoisotopic (exact) mass is 484 g/mol. The molecule has 0 unspecified atom stereocenters. The van der Waals surface area contributed by atoms with Crippen molar-refractivity contribution in [1.29, 1.82) is 0 Å². The van der Waals surface area contributed by atoms with E-state index in [0.29, 0.717) is 79.1 Å². The van der Waals surface area contributed by atoms with Crippen LogP contribution in [-0.2, 0) is 33.2 Å². The van der Waals surface area contributed by atoms with Crippen molar-refractivity contribution >= 4 is 21.9 Å². The molecule has 0 aromatic heterocycles. The van der Waals surface area contributed by atoms with E-state index >= 15 is 0 Å². The lowest BCUT2D eigenvalue weighted by Crippen LogP contribution is -2.15. The minimum Gasteiger partial charge on any atom is -0.463 e. The van der Waals surface area contributed by atoms with Gasteiger partial charge in [-0.25, -0.2) is 0 Å². The third-order valence-corrected chi connectivity index (χ3v) is 4.26. The van der Waals surface area contributed by atoms with Crippen LogP contribution < -0.4 is 0 Å². The van der Waals surface area contributed by atoms with Gasteiger partial charge in [-0.15, -0.1) is 0 Å². The third kappa shape index (κ3) is 25.7. The van der Waals surface area contributed by atoms with E-state index in [4.69, 9.17) is 28.4 Å². The quantitative estimate of drug-likeness (QED) is 0.117. The van der Waals surface area contributed by atoms with E-state index in [2.05, 4.69) is 22.9 Å². The third-order valence-electron chi connectivity index (χ3n) is 3.93. The molecule has 7 nitrogen and oxygen atoms in total. The molecule has 29 heavy (non-hydrogen) atoms. The Bertz CT molecular complexity index is 332. The summed E-state index contributed by atoms with van der Waals surface area (Å²) in [5.41, 5.74) is 0. The number of esters is 1. The Labute approximate surface area is 185 Å². The fourth-order valence-corrected chi connectivity index (χ4v) is 2.60. The van der Waals surface area contributed by atoms with Crippen molar-refractivity contribution in [2.45, 2.75) is 51.9 Å². The second kappa shape index (κ2) is 25.8. The first-order chi connectivity index (χ1) is 14.3. The summed E-state index contributed by atoms with van der Waals surface area (Å²) in [6.07, 6.45) is 7.51. The van der Waals surface area contributed by atoms with Gasteiger partial charge in [0, 0.05) is 11.8 Å². The molecular formula is C21H41BrO7. The average molecular weight is 485 g/mol. The Kier molecular flexibility index (Phi) is 25.6. The second-order valence-corrected chi connectivity index (χ2v) is 7.28.